The molecule has 1 atom stereocenters. The summed E-state index contributed by atoms with van der Waals surface area (Å²) in [5.41, 5.74) is 0. The second-order valence-corrected chi connectivity index (χ2v) is 5.84. The van der Waals surface area contributed by atoms with Crippen LogP contribution >= 0.6 is 39.3 Å². The third-order valence-electron chi connectivity index (χ3n) is 2.05. The Morgan fingerprint density at radius 1 is 1.67 bits per heavy atom. The maximum atomic E-state index is 6.02. The van der Waals surface area contributed by atoms with E-state index in [0.29, 0.717) is 10.3 Å². The lowest BCUT2D eigenvalue weighted by molar-refractivity contribution is 0.850. The highest BCUT2D eigenvalue weighted by atomic mass is 79.9. The SMILES string of the molecule is CSC(C)CCNc1ncc(Br)cc1Cl. The van der Waals surface area contributed by atoms with Crippen LogP contribution in [0.3, 0.4) is 0 Å². The number of aromatic nitrogens is 1. The van der Waals surface area contributed by atoms with Gasteiger partial charge in [-0.05, 0) is 34.7 Å². The van der Waals surface area contributed by atoms with Crippen LogP contribution in [0.4, 0.5) is 5.82 Å². The molecular weight excluding hydrogens is 296 g/mol. The summed E-state index contributed by atoms with van der Waals surface area (Å²) in [6.07, 6.45) is 4.97. The lowest BCUT2D eigenvalue weighted by Gasteiger charge is -2.10. The molecule has 84 valence electrons. The highest BCUT2D eigenvalue weighted by Gasteiger charge is 2.03. The molecule has 0 aliphatic carbocycles. The molecule has 0 aliphatic heterocycles. The Hall–Kier alpha value is 0.0700. The van der Waals surface area contributed by atoms with E-state index >= 15 is 0 Å². The number of halogens is 2. The van der Waals surface area contributed by atoms with Gasteiger partial charge in [-0.1, -0.05) is 18.5 Å². The van der Waals surface area contributed by atoms with Crippen molar-refractivity contribution >= 4 is 45.1 Å². The van der Waals surface area contributed by atoms with Crippen LogP contribution in [0.5, 0.6) is 0 Å². The van der Waals surface area contributed by atoms with E-state index in [1.165, 1.54) is 0 Å². The minimum absolute atomic E-state index is 0.654. The van der Waals surface area contributed by atoms with E-state index in [0.717, 1.165) is 23.3 Å². The zero-order chi connectivity index (χ0) is 11.3. The van der Waals surface area contributed by atoms with Crippen LogP contribution in [0.15, 0.2) is 16.7 Å². The maximum absolute atomic E-state index is 6.02. The summed E-state index contributed by atoms with van der Waals surface area (Å²) in [6.45, 7) is 3.11. The summed E-state index contributed by atoms with van der Waals surface area (Å²) in [7, 11) is 0. The number of thioether (sulfide) groups is 1. The molecule has 1 N–H and O–H groups in total. The monoisotopic (exact) mass is 308 g/mol. The number of hydrogen-bond acceptors (Lipinski definition) is 3. The Labute approximate surface area is 108 Å². The van der Waals surface area contributed by atoms with Gasteiger partial charge in [0.25, 0.3) is 0 Å². The minimum atomic E-state index is 0.654. The van der Waals surface area contributed by atoms with Crippen molar-refractivity contribution in [2.24, 2.45) is 0 Å². The van der Waals surface area contributed by atoms with Gasteiger partial charge in [0.1, 0.15) is 5.82 Å². The van der Waals surface area contributed by atoms with Crippen LogP contribution in [-0.4, -0.2) is 23.0 Å². The Morgan fingerprint density at radius 2 is 2.40 bits per heavy atom. The highest BCUT2D eigenvalue weighted by Crippen LogP contribution is 2.22. The lowest BCUT2D eigenvalue weighted by Crippen LogP contribution is -2.08. The van der Waals surface area contributed by atoms with E-state index in [2.05, 4.69) is 39.4 Å². The smallest absolute Gasteiger partial charge is 0.144 e. The van der Waals surface area contributed by atoms with Crippen LogP contribution in [0.1, 0.15) is 13.3 Å². The maximum Gasteiger partial charge on any atom is 0.144 e. The van der Waals surface area contributed by atoms with Crippen molar-refractivity contribution in [1.29, 1.82) is 0 Å². The molecule has 1 heterocycles. The Bertz CT molecular complexity index is 322. The molecule has 1 unspecified atom stereocenters. The van der Waals surface area contributed by atoms with Gasteiger partial charge in [-0.2, -0.15) is 11.8 Å². The van der Waals surface area contributed by atoms with E-state index in [9.17, 15) is 0 Å². The number of pyridine rings is 1. The lowest BCUT2D eigenvalue weighted by atomic mass is 10.3. The van der Waals surface area contributed by atoms with Crippen LogP contribution in [-0.2, 0) is 0 Å². The quantitative estimate of drug-likeness (QED) is 0.888. The van der Waals surface area contributed by atoms with Crippen molar-refractivity contribution in [1.82, 2.24) is 4.98 Å². The first kappa shape index (κ1) is 13.1. The van der Waals surface area contributed by atoms with Gasteiger partial charge in [-0.3, -0.25) is 0 Å². The number of hydrogen-bond donors (Lipinski definition) is 1. The first-order valence-corrected chi connectivity index (χ1v) is 7.17. The third kappa shape index (κ3) is 4.62. The molecule has 1 aromatic heterocycles. The molecule has 1 rings (SSSR count). The van der Waals surface area contributed by atoms with E-state index in [1.807, 2.05) is 17.8 Å². The van der Waals surface area contributed by atoms with Crippen molar-refractivity contribution in [3.8, 4) is 0 Å². The topological polar surface area (TPSA) is 24.9 Å². The molecular formula is C10H14BrClN2S. The van der Waals surface area contributed by atoms with Crippen LogP contribution in [0.2, 0.25) is 5.02 Å². The van der Waals surface area contributed by atoms with Crippen LogP contribution in [0, 0.1) is 0 Å². The summed E-state index contributed by atoms with van der Waals surface area (Å²) < 4.78 is 0.899. The first-order valence-electron chi connectivity index (χ1n) is 4.71. The zero-order valence-corrected chi connectivity index (χ0v) is 11.9. The molecule has 0 aliphatic rings. The van der Waals surface area contributed by atoms with E-state index < -0.39 is 0 Å². The number of anilines is 1. The molecule has 0 saturated carbocycles. The first-order chi connectivity index (χ1) is 7.13. The average Bonchev–Trinajstić information content (AvgIpc) is 2.21. The van der Waals surface area contributed by atoms with E-state index in [1.54, 1.807) is 6.20 Å². The minimum Gasteiger partial charge on any atom is -0.369 e. The second kappa shape index (κ2) is 6.61. The highest BCUT2D eigenvalue weighted by molar-refractivity contribution is 9.10. The van der Waals surface area contributed by atoms with Gasteiger partial charge in [0.05, 0.1) is 5.02 Å². The molecule has 0 aromatic carbocycles. The van der Waals surface area contributed by atoms with Gasteiger partial charge < -0.3 is 5.32 Å². The largest absolute Gasteiger partial charge is 0.369 e. The number of nitrogens with zero attached hydrogens (tertiary/aromatic N) is 1. The fourth-order valence-corrected chi connectivity index (χ4v) is 2.11. The van der Waals surface area contributed by atoms with Crippen molar-refractivity contribution < 1.29 is 0 Å². The van der Waals surface area contributed by atoms with Crippen molar-refractivity contribution in [2.75, 3.05) is 18.1 Å². The van der Waals surface area contributed by atoms with Gasteiger partial charge in [0.15, 0.2) is 0 Å². The molecule has 5 heteroatoms. The molecule has 0 fully saturated rings. The van der Waals surface area contributed by atoms with Gasteiger partial charge in [0.2, 0.25) is 0 Å². The van der Waals surface area contributed by atoms with E-state index in [-0.39, 0.29) is 0 Å². The summed E-state index contributed by atoms with van der Waals surface area (Å²) in [6, 6.07) is 1.84. The van der Waals surface area contributed by atoms with Crippen LogP contribution < -0.4 is 5.32 Å². The summed E-state index contributed by atoms with van der Waals surface area (Å²) in [5, 5.41) is 4.54. The normalized spacial score (nSPS) is 12.5. The van der Waals surface area contributed by atoms with Gasteiger partial charge >= 0.3 is 0 Å². The molecule has 0 radical (unpaired) electrons. The van der Waals surface area contributed by atoms with Gasteiger partial charge in [-0.15, -0.1) is 0 Å². The fraction of sp³-hybridized carbons (Fsp3) is 0.500. The Morgan fingerprint density at radius 3 is 3.00 bits per heavy atom. The average molecular weight is 310 g/mol. The predicted octanol–water partition coefficient (Wildman–Crippen LogP) is 4.05. The zero-order valence-electron chi connectivity index (χ0n) is 8.76. The molecule has 0 saturated heterocycles. The van der Waals surface area contributed by atoms with Crippen LogP contribution in [0.25, 0.3) is 0 Å². The molecule has 15 heavy (non-hydrogen) atoms. The molecule has 1 aromatic rings. The number of nitrogens with one attached hydrogen (secondary N) is 1. The second-order valence-electron chi connectivity index (χ2n) is 3.25. The standard InChI is InChI=1S/C10H14BrClN2S/c1-7(15-2)3-4-13-10-9(12)5-8(11)6-14-10/h5-7H,3-4H2,1-2H3,(H,13,14). The van der Waals surface area contributed by atoms with Crippen molar-refractivity contribution in [2.45, 2.75) is 18.6 Å². The van der Waals surface area contributed by atoms with Gasteiger partial charge in [0, 0.05) is 22.5 Å². The third-order valence-corrected chi connectivity index (χ3v) is 3.82. The molecule has 0 bridgehead atoms. The van der Waals surface area contributed by atoms with Crippen molar-refractivity contribution in [3.63, 3.8) is 0 Å². The Balaban J connectivity index is 2.44. The number of rotatable bonds is 5. The molecule has 2 nitrogen and oxygen atoms in total. The summed E-state index contributed by atoms with van der Waals surface area (Å²) in [4.78, 5) is 4.20. The molecule has 0 amide bonds. The van der Waals surface area contributed by atoms with Crippen molar-refractivity contribution in [3.05, 3.63) is 21.8 Å². The summed E-state index contributed by atoms with van der Waals surface area (Å²) >= 11 is 11.2. The summed E-state index contributed by atoms with van der Waals surface area (Å²) in [5.74, 6) is 0.758. The fourth-order valence-electron chi connectivity index (χ4n) is 1.06. The van der Waals surface area contributed by atoms with Gasteiger partial charge in [-0.25, -0.2) is 4.98 Å². The van der Waals surface area contributed by atoms with E-state index in [4.69, 9.17) is 11.6 Å². The Kier molecular flexibility index (Phi) is 5.79. The predicted molar refractivity (Wildman–Crippen MR) is 73.0 cm³/mol. The molecule has 0 spiro atoms.